The highest BCUT2D eigenvalue weighted by Gasteiger charge is 2.10. The van der Waals surface area contributed by atoms with Gasteiger partial charge in [0.1, 0.15) is 0 Å². The van der Waals surface area contributed by atoms with Crippen molar-refractivity contribution in [3.63, 3.8) is 0 Å². The molecule has 0 spiro atoms. The van der Waals surface area contributed by atoms with Crippen LogP contribution >= 0.6 is 11.6 Å². The van der Waals surface area contributed by atoms with E-state index in [2.05, 4.69) is 15.0 Å². The van der Waals surface area contributed by atoms with Crippen molar-refractivity contribution in [2.24, 2.45) is 0 Å². The van der Waals surface area contributed by atoms with Crippen molar-refractivity contribution in [3.8, 4) is 33.9 Å². The predicted molar refractivity (Wildman–Crippen MR) is 119 cm³/mol. The van der Waals surface area contributed by atoms with Gasteiger partial charge in [-0.25, -0.2) is 4.98 Å². The van der Waals surface area contributed by atoms with Crippen LogP contribution < -0.4 is 0 Å². The van der Waals surface area contributed by atoms with Crippen LogP contribution in [0.15, 0.2) is 96.7 Å². The second-order valence-electron chi connectivity index (χ2n) is 5.50. The van der Waals surface area contributed by atoms with Crippen molar-refractivity contribution in [3.05, 3.63) is 102 Å². The highest BCUT2D eigenvalue weighted by atomic mass is 35.5. The van der Waals surface area contributed by atoms with Crippen molar-refractivity contribution in [1.29, 1.82) is 0 Å². The van der Waals surface area contributed by atoms with Crippen molar-refractivity contribution in [2.45, 2.75) is 0 Å². The van der Waals surface area contributed by atoms with E-state index < -0.39 is 147 Å². The molecule has 0 aliphatic carbocycles. The van der Waals surface area contributed by atoms with Crippen LogP contribution in [-0.4, -0.2) is 15.0 Å². The molecule has 0 unspecified atom stereocenters. The summed E-state index contributed by atoms with van der Waals surface area (Å²) in [6.45, 7) is 0. The first-order valence-corrected chi connectivity index (χ1v) is 8.41. The average Bonchev–Trinajstić information content (AvgIpc) is 2.99. The Balaban J connectivity index is 1.91. The van der Waals surface area contributed by atoms with Crippen molar-refractivity contribution >= 4 is 22.4 Å². The summed E-state index contributed by atoms with van der Waals surface area (Å²) in [7, 11) is 0. The molecule has 5 rings (SSSR count). The number of benzene rings is 4. The molecule has 1 aromatic heterocycles. The minimum atomic E-state index is -0.766. The normalized spacial score (nSPS) is 18.7. The van der Waals surface area contributed by atoms with E-state index in [1.165, 1.54) is 0 Å². The summed E-state index contributed by atoms with van der Waals surface area (Å²) in [5, 5.41) is -1.53. The Morgan fingerprint density at radius 3 is 1.76 bits per heavy atom. The van der Waals surface area contributed by atoms with Crippen LogP contribution in [-0.2, 0) is 0 Å². The summed E-state index contributed by atoms with van der Waals surface area (Å²) in [6, 6.07) is -11.6. The molecule has 0 aliphatic rings. The van der Waals surface area contributed by atoms with Crippen LogP contribution in [0.2, 0.25) is 5.28 Å². The quantitative estimate of drug-likeness (QED) is 0.333. The zero-order valence-electron chi connectivity index (χ0n) is 30.2. The fraction of sp³-hybridized carbons (Fsp3) is 0. The summed E-state index contributed by atoms with van der Waals surface area (Å²) >= 11 is 6.12. The van der Waals surface area contributed by atoms with Gasteiger partial charge in [0.2, 0.25) is 5.28 Å². The van der Waals surface area contributed by atoms with Gasteiger partial charge < -0.3 is 0 Å². The predicted octanol–water partition coefficient (Wildman–Crippen LogP) is 6.68. The molecular formula is C25H16ClN3. The topological polar surface area (TPSA) is 38.7 Å². The molecule has 0 N–H and O–H groups in total. The monoisotopic (exact) mass is 409 g/mol. The molecule has 0 aliphatic heterocycles. The Morgan fingerprint density at radius 2 is 1.07 bits per heavy atom. The lowest BCUT2D eigenvalue weighted by Gasteiger charge is -2.08. The van der Waals surface area contributed by atoms with Gasteiger partial charge in [0.15, 0.2) is 11.6 Å². The summed E-state index contributed by atoms with van der Waals surface area (Å²) in [5.41, 5.74) is -2.13. The van der Waals surface area contributed by atoms with Crippen LogP contribution in [0.5, 0.6) is 0 Å². The van der Waals surface area contributed by atoms with Gasteiger partial charge in [-0.05, 0) is 45.6 Å². The lowest BCUT2D eigenvalue weighted by atomic mass is 10.00. The van der Waals surface area contributed by atoms with Crippen LogP contribution in [0.3, 0.4) is 0 Å². The zero-order chi connectivity index (χ0) is 33.6. The number of hydrogen-bond acceptors (Lipinski definition) is 3. The van der Waals surface area contributed by atoms with Gasteiger partial charge in [0, 0.05) is 11.1 Å². The van der Waals surface area contributed by atoms with Crippen LogP contribution in [0.4, 0.5) is 0 Å². The fourth-order valence-electron chi connectivity index (χ4n) is 2.42. The molecule has 0 saturated heterocycles. The Kier molecular flexibility index (Phi) is 1.89. The number of hydrogen-bond donors (Lipinski definition) is 0. The Morgan fingerprint density at radius 1 is 0.517 bits per heavy atom. The largest absolute Gasteiger partial charge is 0.226 e. The lowest BCUT2D eigenvalue weighted by molar-refractivity contribution is 1.07. The van der Waals surface area contributed by atoms with E-state index in [1.807, 2.05) is 0 Å². The third-order valence-corrected chi connectivity index (χ3v) is 3.85. The second kappa shape index (κ2) is 7.46. The van der Waals surface area contributed by atoms with E-state index in [4.69, 9.17) is 33.5 Å². The molecule has 138 valence electrons. The fourth-order valence-corrected chi connectivity index (χ4v) is 2.58. The maximum absolute atomic E-state index is 8.97. The number of halogens is 1. The standard InChI is InChI=1S/C25H16ClN3/c26-25-28-23(19-9-5-2-6-10-19)27-24(29-25)21-14-12-18-11-13-20(15-22(18)16-21)17-7-3-1-4-8-17/h1-16H/i1D,2D,3D,4D,5D,6D,7D,8D,9D,10D,11D,12D,13D,14D,15D,16D. The van der Waals surface area contributed by atoms with Crippen molar-refractivity contribution in [1.82, 2.24) is 15.0 Å². The third-order valence-electron chi connectivity index (χ3n) is 3.68. The lowest BCUT2D eigenvalue weighted by Crippen LogP contribution is -1.97. The molecular weight excluding hydrogens is 378 g/mol. The highest BCUT2D eigenvalue weighted by molar-refractivity contribution is 6.28. The maximum atomic E-state index is 8.97. The molecule has 0 bridgehead atoms. The summed E-state index contributed by atoms with van der Waals surface area (Å²) < 4.78 is 133. The number of nitrogens with zero attached hydrogens (tertiary/aromatic N) is 3. The van der Waals surface area contributed by atoms with Crippen LogP contribution in [0, 0.1) is 0 Å². The first kappa shape index (κ1) is 7.36. The van der Waals surface area contributed by atoms with Gasteiger partial charge >= 0.3 is 0 Å². The molecule has 0 saturated carbocycles. The molecule has 5 aromatic rings. The maximum Gasteiger partial charge on any atom is 0.226 e. The molecule has 1 heterocycles. The summed E-state index contributed by atoms with van der Waals surface area (Å²) in [6.07, 6.45) is 0. The molecule has 4 aromatic carbocycles. The zero-order valence-corrected chi connectivity index (χ0v) is 15.0. The second-order valence-corrected chi connectivity index (χ2v) is 5.84. The third kappa shape index (κ3) is 3.60. The molecule has 29 heavy (non-hydrogen) atoms. The van der Waals surface area contributed by atoms with Crippen molar-refractivity contribution < 1.29 is 21.9 Å². The van der Waals surface area contributed by atoms with Gasteiger partial charge in [-0.2, -0.15) is 9.97 Å². The molecule has 0 atom stereocenters. The summed E-state index contributed by atoms with van der Waals surface area (Å²) in [4.78, 5) is 11.9. The molecule has 0 fully saturated rings. The molecule has 0 radical (unpaired) electrons. The molecule has 3 nitrogen and oxygen atoms in total. The first-order chi connectivity index (χ1) is 20.9. The van der Waals surface area contributed by atoms with Gasteiger partial charge in [-0.15, -0.1) is 0 Å². The van der Waals surface area contributed by atoms with Crippen LogP contribution in [0.25, 0.3) is 44.7 Å². The van der Waals surface area contributed by atoms with E-state index in [1.54, 1.807) is 0 Å². The van der Waals surface area contributed by atoms with Crippen molar-refractivity contribution in [2.75, 3.05) is 0 Å². The Labute approximate surface area is 196 Å². The molecule has 4 heteroatoms. The highest BCUT2D eigenvalue weighted by Crippen LogP contribution is 2.28. The van der Waals surface area contributed by atoms with Gasteiger partial charge in [-0.1, -0.05) is 84.6 Å². The van der Waals surface area contributed by atoms with Gasteiger partial charge in [0.25, 0.3) is 0 Å². The minimum absolute atomic E-state index is 0.464. The summed E-state index contributed by atoms with van der Waals surface area (Å²) in [5.74, 6) is -1.06. The van der Waals surface area contributed by atoms with E-state index in [-0.39, 0.29) is 0 Å². The van der Waals surface area contributed by atoms with Gasteiger partial charge in [0.05, 0.1) is 21.9 Å². The average molecular weight is 410 g/mol. The number of fused-ring (bicyclic) bond motifs is 1. The SMILES string of the molecule is [2H]c1c([2H])c([2H])c(-c2nc(Cl)nc(-c3c([2H])c([2H])c4c([2H])c([2H])c(-c5c([2H])c([2H])c([2H])c([2H])c5[2H])c([2H])c4c3[2H])n2)c([2H])c1[2H]. The Bertz CT molecular complexity index is 2100. The smallest absolute Gasteiger partial charge is 0.208 e. The number of aromatic nitrogens is 3. The van der Waals surface area contributed by atoms with E-state index >= 15 is 0 Å². The van der Waals surface area contributed by atoms with Gasteiger partial charge in [-0.3, -0.25) is 0 Å². The van der Waals surface area contributed by atoms with E-state index in [0.29, 0.717) is 0 Å². The first-order valence-electron chi connectivity index (χ1n) is 16.0. The van der Waals surface area contributed by atoms with E-state index in [0.717, 1.165) is 0 Å². The van der Waals surface area contributed by atoms with E-state index in [9.17, 15) is 0 Å². The Hall–Kier alpha value is -3.56. The molecule has 0 amide bonds. The number of rotatable bonds is 3. The minimum Gasteiger partial charge on any atom is -0.208 e. The van der Waals surface area contributed by atoms with Crippen LogP contribution in [0.1, 0.15) is 21.9 Å².